The van der Waals surface area contributed by atoms with Crippen molar-refractivity contribution < 1.29 is 14.3 Å². The minimum absolute atomic E-state index is 0.0503. The number of nitrogens with one attached hydrogen (secondary N) is 1. The molecule has 1 N–H and O–H groups in total. The van der Waals surface area contributed by atoms with Crippen molar-refractivity contribution in [2.75, 3.05) is 6.61 Å². The van der Waals surface area contributed by atoms with Gasteiger partial charge in [-0.25, -0.2) is 4.79 Å². The normalized spacial score (nSPS) is 17.5. The minimum Gasteiger partial charge on any atom is -0.445 e. The van der Waals surface area contributed by atoms with Gasteiger partial charge in [0.05, 0.1) is 12.6 Å². The lowest BCUT2D eigenvalue weighted by atomic mass is 10.0. The zero-order chi connectivity index (χ0) is 15.2. The monoisotopic (exact) mass is 297 g/mol. The molecular weight excluding hydrogens is 278 g/mol. The Labute approximate surface area is 130 Å². The minimum atomic E-state index is -0.403. The van der Waals surface area contributed by atoms with E-state index in [4.69, 9.17) is 9.47 Å². The Bertz CT molecular complexity index is 596. The molecule has 1 aliphatic rings. The molecule has 2 aromatic rings. The highest BCUT2D eigenvalue weighted by Crippen LogP contribution is 2.18. The van der Waals surface area contributed by atoms with Crippen LogP contribution < -0.4 is 5.32 Å². The molecule has 4 nitrogen and oxygen atoms in total. The van der Waals surface area contributed by atoms with Crippen LogP contribution in [0.5, 0.6) is 0 Å². The fraction of sp³-hybridized carbons (Fsp3) is 0.278. The van der Waals surface area contributed by atoms with E-state index >= 15 is 0 Å². The second kappa shape index (κ2) is 7.09. The number of carbonyl (C=O) groups is 1. The molecule has 0 aromatic heterocycles. The summed E-state index contributed by atoms with van der Waals surface area (Å²) in [6.07, 6.45) is 0.427. The van der Waals surface area contributed by atoms with Crippen LogP contribution in [0.4, 0.5) is 4.79 Å². The zero-order valence-corrected chi connectivity index (χ0v) is 12.3. The maximum atomic E-state index is 12.0. The average Bonchev–Trinajstić information content (AvgIpc) is 3.39. The molecular formula is C18H19NO3. The first-order chi connectivity index (χ1) is 10.8. The molecule has 0 saturated carbocycles. The van der Waals surface area contributed by atoms with Gasteiger partial charge in [0.1, 0.15) is 12.7 Å². The highest BCUT2D eigenvalue weighted by molar-refractivity contribution is 5.67. The van der Waals surface area contributed by atoms with Gasteiger partial charge >= 0.3 is 6.09 Å². The fourth-order valence-corrected chi connectivity index (χ4v) is 2.35. The second-order valence-electron chi connectivity index (χ2n) is 5.37. The Balaban J connectivity index is 1.51. The smallest absolute Gasteiger partial charge is 0.407 e. The Morgan fingerprint density at radius 1 is 1.09 bits per heavy atom. The van der Waals surface area contributed by atoms with E-state index in [2.05, 4.69) is 5.32 Å². The van der Waals surface area contributed by atoms with Crippen LogP contribution in [0.1, 0.15) is 11.1 Å². The van der Waals surface area contributed by atoms with Gasteiger partial charge in [0.15, 0.2) is 0 Å². The lowest BCUT2D eigenvalue weighted by molar-refractivity contribution is 0.133. The number of hydrogen-bond acceptors (Lipinski definition) is 3. The van der Waals surface area contributed by atoms with E-state index in [0.29, 0.717) is 6.61 Å². The van der Waals surface area contributed by atoms with Crippen molar-refractivity contribution in [2.24, 2.45) is 0 Å². The molecule has 114 valence electrons. The maximum Gasteiger partial charge on any atom is 0.407 e. The van der Waals surface area contributed by atoms with E-state index in [-0.39, 0.29) is 18.8 Å². The van der Waals surface area contributed by atoms with Crippen LogP contribution in [-0.2, 0) is 22.5 Å². The van der Waals surface area contributed by atoms with Crippen molar-refractivity contribution in [1.82, 2.24) is 5.32 Å². The summed E-state index contributed by atoms with van der Waals surface area (Å²) in [5.74, 6) is 0. The van der Waals surface area contributed by atoms with E-state index in [0.717, 1.165) is 12.0 Å². The molecule has 1 amide bonds. The van der Waals surface area contributed by atoms with Gasteiger partial charge in [-0.3, -0.25) is 0 Å². The largest absolute Gasteiger partial charge is 0.445 e. The number of carbonyl (C=O) groups excluding carboxylic acids is 1. The number of amides is 1. The molecule has 1 aliphatic heterocycles. The molecule has 3 rings (SSSR count). The number of epoxide rings is 1. The number of hydrogen-bond donors (Lipinski definition) is 1. The quantitative estimate of drug-likeness (QED) is 0.834. The van der Waals surface area contributed by atoms with E-state index < -0.39 is 6.09 Å². The molecule has 1 saturated heterocycles. The van der Waals surface area contributed by atoms with Crippen molar-refractivity contribution in [3.05, 3.63) is 71.8 Å². The topological polar surface area (TPSA) is 50.9 Å². The van der Waals surface area contributed by atoms with Gasteiger partial charge in [-0.2, -0.15) is 0 Å². The van der Waals surface area contributed by atoms with Gasteiger partial charge in [-0.1, -0.05) is 60.7 Å². The van der Waals surface area contributed by atoms with Crippen LogP contribution in [0.2, 0.25) is 0 Å². The van der Waals surface area contributed by atoms with Gasteiger partial charge < -0.3 is 14.8 Å². The summed E-state index contributed by atoms with van der Waals surface area (Å²) in [4.78, 5) is 12.0. The van der Waals surface area contributed by atoms with Crippen LogP contribution in [0.25, 0.3) is 0 Å². The summed E-state index contributed by atoms with van der Waals surface area (Å²) in [7, 11) is 0. The standard InChI is InChI=1S/C18H19NO3/c20-18(22-12-15-9-5-2-6-10-15)19-16(17-13-21-17)11-14-7-3-1-4-8-14/h1-10,16-17H,11-13H2,(H,19,20)/t16-,17-/m1/s1. The molecule has 4 heteroatoms. The first-order valence-corrected chi connectivity index (χ1v) is 7.44. The summed E-state index contributed by atoms with van der Waals surface area (Å²) in [5, 5.41) is 2.91. The van der Waals surface area contributed by atoms with Gasteiger partial charge in [0.2, 0.25) is 0 Å². The van der Waals surface area contributed by atoms with Crippen molar-refractivity contribution in [2.45, 2.75) is 25.2 Å². The maximum absolute atomic E-state index is 12.0. The number of rotatable bonds is 6. The van der Waals surface area contributed by atoms with Gasteiger partial charge in [0, 0.05) is 0 Å². The molecule has 0 unspecified atom stereocenters. The summed E-state index contributed by atoms with van der Waals surface area (Å²) >= 11 is 0. The third-order valence-electron chi connectivity index (χ3n) is 3.62. The van der Waals surface area contributed by atoms with Crippen LogP contribution in [-0.4, -0.2) is 24.8 Å². The highest BCUT2D eigenvalue weighted by atomic mass is 16.6. The van der Waals surface area contributed by atoms with Crippen LogP contribution in [0, 0.1) is 0 Å². The van der Waals surface area contributed by atoms with E-state index in [1.54, 1.807) is 0 Å². The van der Waals surface area contributed by atoms with Crippen molar-refractivity contribution in [3.63, 3.8) is 0 Å². The molecule has 0 spiro atoms. The Morgan fingerprint density at radius 3 is 2.27 bits per heavy atom. The number of benzene rings is 2. The van der Waals surface area contributed by atoms with Crippen LogP contribution in [0.15, 0.2) is 60.7 Å². The third kappa shape index (κ3) is 4.33. The number of alkyl carbamates (subject to hydrolysis) is 1. The van der Waals surface area contributed by atoms with E-state index in [9.17, 15) is 4.79 Å². The molecule has 2 aromatic carbocycles. The average molecular weight is 297 g/mol. The Morgan fingerprint density at radius 2 is 1.68 bits per heavy atom. The third-order valence-corrected chi connectivity index (χ3v) is 3.62. The second-order valence-corrected chi connectivity index (χ2v) is 5.37. The highest BCUT2D eigenvalue weighted by Gasteiger charge is 2.34. The first kappa shape index (κ1) is 14.6. The molecule has 1 fully saturated rings. The molecule has 1 heterocycles. The summed E-state index contributed by atoms with van der Waals surface area (Å²) in [6, 6.07) is 19.7. The lowest BCUT2D eigenvalue weighted by Crippen LogP contribution is -2.40. The summed E-state index contributed by atoms with van der Waals surface area (Å²) < 4.78 is 10.6. The first-order valence-electron chi connectivity index (χ1n) is 7.44. The van der Waals surface area contributed by atoms with Gasteiger partial charge in [-0.15, -0.1) is 0 Å². The van der Waals surface area contributed by atoms with Crippen LogP contribution in [0.3, 0.4) is 0 Å². The zero-order valence-electron chi connectivity index (χ0n) is 12.3. The predicted molar refractivity (Wildman–Crippen MR) is 83.4 cm³/mol. The van der Waals surface area contributed by atoms with Crippen molar-refractivity contribution in [3.8, 4) is 0 Å². The Kier molecular flexibility index (Phi) is 4.71. The lowest BCUT2D eigenvalue weighted by Gasteiger charge is -2.16. The molecule has 0 bridgehead atoms. The predicted octanol–water partition coefficient (Wildman–Crippen LogP) is 2.92. The molecule has 22 heavy (non-hydrogen) atoms. The van der Waals surface area contributed by atoms with Crippen molar-refractivity contribution >= 4 is 6.09 Å². The Hall–Kier alpha value is -2.33. The van der Waals surface area contributed by atoms with Crippen LogP contribution >= 0.6 is 0 Å². The molecule has 0 radical (unpaired) electrons. The molecule has 2 atom stereocenters. The SMILES string of the molecule is O=C(N[C@H](Cc1ccccc1)[C@H]1CO1)OCc1ccccc1. The summed E-state index contributed by atoms with van der Waals surface area (Å²) in [6.45, 7) is 0.965. The summed E-state index contributed by atoms with van der Waals surface area (Å²) in [5.41, 5.74) is 2.14. The molecule has 0 aliphatic carbocycles. The van der Waals surface area contributed by atoms with Gasteiger partial charge in [0.25, 0.3) is 0 Å². The number of ether oxygens (including phenoxy) is 2. The fourth-order valence-electron chi connectivity index (χ4n) is 2.35. The van der Waals surface area contributed by atoms with Gasteiger partial charge in [-0.05, 0) is 17.5 Å². The van der Waals surface area contributed by atoms with E-state index in [1.165, 1.54) is 5.56 Å². The van der Waals surface area contributed by atoms with Crippen molar-refractivity contribution in [1.29, 1.82) is 0 Å². The van der Waals surface area contributed by atoms with E-state index in [1.807, 2.05) is 60.7 Å².